The maximum Gasteiger partial charge on any atom is 0.271 e. The van der Waals surface area contributed by atoms with Crippen LogP contribution in [-0.2, 0) is 0 Å². The molecule has 7 heteroatoms. The van der Waals surface area contributed by atoms with Crippen LogP contribution in [0.5, 0.6) is 0 Å². The Hall–Kier alpha value is -3.38. The number of aromatic nitrogens is 1. The van der Waals surface area contributed by atoms with Crippen molar-refractivity contribution >= 4 is 40.5 Å². The van der Waals surface area contributed by atoms with E-state index in [9.17, 15) is 9.59 Å². The Balaban J connectivity index is 1.70. The first-order valence-electron chi connectivity index (χ1n) is 8.18. The average molecular weight is 381 g/mol. The molecule has 2 aromatic carbocycles. The molecule has 3 aromatic rings. The van der Waals surface area contributed by atoms with E-state index in [1.54, 1.807) is 73.9 Å². The van der Waals surface area contributed by atoms with Gasteiger partial charge in [-0.2, -0.15) is 0 Å². The van der Waals surface area contributed by atoms with Gasteiger partial charge in [-0.25, -0.2) is 4.98 Å². The molecule has 0 saturated heterocycles. The molecule has 27 heavy (non-hydrogen) atoms. The molecule has 3 N–H and O–H groups in total. The molecule has 0 aliphatic rings. The number of carbonyl (C=O) groups excluding carboxylic acids is 2. The lowest BCUT2D eigenvalue weighted by molar-refractivity contribution is 0.0958. The molecule has 0 radical (unpaired) electrons. The molecule has 0 atom stereocenters. The molecule has 0 spiro atoms. The van der Waals surface area contributed by atoms with Gasteiger partial charge >= 0.3 is 0 Å². The number of nitrogens with zero attached hydrogens (tertiary/aromatic N) is 1. The molecule has 2 amide bonds. The summed E-state index contributed by atoms with van der Waals surface area (Å²) in [7, 11) is 1.55. The maximum absolute atomic E-state index is 12.2. The smallest absolute Gasteiger partial charge is 0.271 e. The van der Waals surface area contributed by atoms with Crippen molar-refractivity contribution in [3.63, 3.8) is 0 Å². The zero-order chi connectivity index (χ0) is 19.2. The van der Waals surface area contributed by atoms with Gasteiger partial charge in [-0.3, -0.25) is 9.59 Å². The average Bonchev–Trinajstić information content (AvgIpc) is 2.70. The Morgan fingerprint density at radius 3 is 2.22 bits per heavy atom. The molecule has 0 aliphatic carbocycles. The molecule has 3 rings (SSSR count). The minimum absolute atomic E-state index is 0.221. The first-order valence-corrected chi connectivity index (χ1v) is 8.56. The van der Waals surface area contributed by atoms with Gasteiger partial charge in [0.2, 0.25) is 0 Å². The van der Waals surface area contributed by atoms with Gasteiger partial charge in [0.25, 0.3) is 11.8 Å². The lowest BCUT2D eigenvalue weighted by Crippen LogP contribution is -2.20. The van der Waals surface area contributed by atoms with E-state index in [4.69, 9.17) is 11.6 Å². The van der Waals surface area contributed by atoms with Crippen molar-refractivity contribution in [2.75, 3.05) is 17.7 Å². The van der Waals surface area contributed by atoms with Crippen molar-refractivity contribution in [3.8, 4) is 0 Å². The quantitative estimate of drug-likeness (QED) is 0.622. The minimum Gasteiger partial charge on any atom is -0.354 e. The summed E-state index contributed by atoms with van der Waals surface area (Å²) in [4.78, 5) is 28.2. The molecule has 0 aliphatic heterocycles. The van der Waals surface area contributed by atoms with Gasteiger partial charge in [-0.05, 0) is 60.7 Å². The molecule has 0 unspecified atom stereocenters. The summed E-state index contributed by atoms with van der Waals surface area (Å²) >= 11 is 5.83. The van der Waals surface area contributed by atoms with Gasteiger partial charge in [-0.15, -0.1) is 0 Å². The van der Waals surface area contributed by atoms with E-state index >= 15 is 0 Å². The van der Waals surface area contributed by atoms with E-state index in [0.29, 0.717) is 27.7 Å². The number of benzene rings is 2. The Kier molecular flexibility index (Phi) is 5.68. The Morgan fingerprint density at radius 1 is 0.889 bits per heavy atom. The fourth-order valence-electron chi connectivity index (χ4n) is 2.40. The Labute approximate surface area is 161 Å². The summed E-state index contributed by atoms with van der Waals surface area (Å²) in [6.07, 6.45) is 1.56. The third-order valence-corrected chi connectivity index (χ3v) is 4.03. The molecule has 6 nitrogen and oxygen atoms in total. The summed E-state index contributed by atoms with van der Waals surface area (Å²) in [5.74, 6) is -0.494. The fraction of sp³-hybridized carbons (Fsp3) is 0.0500. The number of anilines is 3. The highest BCUT2D eigenvalue weighted by Gasteiger charge is 2.11. The second-order valence-corrected chi connectivity index (χ2v) is 6.08. The predicted molar refractivity (Wildman–Crippen MR) is 107 cm³/mol. The summed E-state index contributed by atoms with van der Waals surface area (Å²) < 4.78 is 0. The predicted octanol–water partition coefficient (Wildman–Crippen LogP) is 4.09. The Morgan fingerprint density at radius 2 is 1.56 bits per heavy atom. The van der Waals surface area contributed by atoms with Crippen LogP contribution in [-0.4, -0.2) is 23.8 Å². The van der Waals surface area contributed by atoms with Crippen molar-refractivity contribution in [1.29, 1.82) is 0 Å². The number of hydrogen-bond acceptors (Lipinski definition) is 4. The first kappa shape index (κ1) is 18.4. The highest BCUT2D eigenvalue weighted by atomic mass is 35.5. The minimum atomic E-state index is -0.273. The summed E-state index contributed by atoms with van der Waals surface area (Å²) in [6.45, 7) is 0. The zero-order valence-electron chi connectivity index (χ0n) is 14.5. The number of pyridine rings is 1. The number of hydrogen-bond donors (Lipinski definition) is 3. The molecule has 1 aromatic heterocycles. The number of nitrogens with one attached hydrogen (secondary N) is 3. The molecule has 136 valence electrons. The Bertz CT molecular complexity index is 956. The molecule has 0 saturated carbocycles. The molecule has 0 bridgehead atoms. The van der Waals surface area contributed by atoms with Crippen LogP contribution in [0.15, 0.2) is 66.9 Å². The number of halogens is 1. The van der Waals surface area contributed by atoms with Gasteiger partial charge in [0, 0.05) is 35.2 Å². The van der Waals surface area contributed by atoms with Crippen molar-refractivity contribution in [2.24, 2.45) is 0 Å². The molecule has 1 heterocycles. The van der Waals surface area contributed by atoms with E-state index in [-0.39, 0.29) is 11.8 Å². The number of carbonyl (C=O) groups is 2. The van der Waals surface area contributed by atoms with E-state index in [1.807, 2.05) is 0 Å². The van der Waals surface area contributed by atoms with E-state index in [0.717, 1.165) is 5.69 Å². The van der Waals surface area contributed by atoms with Crippen molar-refractivity contribution < 1.29 is 9.59 Å². The zero-order valence-corrected chi connectivity index (χ0v) is 15.2. The summed E-state index contributed by atoms with van der Waals surface area (Å²) in [5, 5.41) is 9.11. The summed E-state index contributed by atoms with van der Waals surface area (Å²) in [6, 6.07) is 17.3. The standard InChI is InChI=1S/C20H17ClN4O2/c1-22-20(27)18-17(3-2-12-23-18)24-15-8-10-16(11-9-15)25-19(26)13-4-6-14(21)7-5-13/h2-12,24H,1H3,(H,22,27)(H,25,26). The van der Waals surface area contributed by atoms with Crippen LogP contribution < -0.4 is 16.0 Å². The summed E-state index contributed by atoms with van der Waals surface area (Å²) in [5.41, 5.74) is 2.83. The number of amides is 2. The maximum atomic E-state index is 12.2. The third-order valence-electron chi connectivity index (χ3n) is 3.78. The van der Waals surface area contributed by atoms with Crippen molar-refractivity contribution in [1.82, 2.24) is 10.3 Å². The van der Waals surface area contributed by atoms with Crippen LogP contribution in [0.2, 0.25) is 5.02 Å². The highest BCUT2D eigenvalue weighted by molar-refractivity contribution is 6.30. The van der Waals surface area contributed by atoms with Gasteiger partial charge in [0.1, 0.15) is 0 Å². The van der Waals surface area contributed by atoms with E-state index in [1.165, 1.54) is 0 Å². The van der Waals surface area contributed by atoms with Gasteiger partial charge < -0.3 is 16.0 Å². The van der Waals surface area contributed by atoms with Crippen LogP contribution in [0, 0.1) is 0 Å². The lowest BCUT2D eigenvalue weighted by Gasteiger charge is -2.11. The third kappa shape index (κ3) is 4.62. The van der Waals surface area contributed by atoms with Crippen LogP contribution in [0.1, 0.15) is 20.8 Å². The molecular formula is C20H17ClN4O2. The van der Waals surface area contributed by atoms with Crippen LogP contribution in [0.4, 0.5) is 17.1 Å². The lowest BCUT2D eigenvalue weighted by atomic mass is 10.2. The van der Waals surface area contributed by atoms with Gasteiger partial charge in [-0.1, -0.05) is 11.6 Å². The van der Waals surface area contributed by atoms with Gasteiger partial charge in [0.05, 0.1) is 5.69 Å². The topological polar surface area (TPSA) is 83.1 Å². The largest absolute Gasteiger partial charge is 0.354 e. The molecular weight excluding hydrogens is 364 g/mol. The molecule has 0 fully saturated rings. The fourth-order valence-corrected chi connectivity index (χ4v) is 2.53. The van der Waals surface area contributed by atoms with Crippen LogP contribution in [0.25, 0.3) is 0 Å². The van der Waals surface area contributed by atoms with Gasteiger partial charge in [0.15, 0.2) is 5.69 Å². The first-order chi connectivity index (χ1) is 13.1. The van der Waals surface area contributed by atoms with Crippen molar-refractivity contribution in [3.05, 3.63) is 83.1 Å². The second kappa shape index (κ2) is 8.33. The normalized spacial score (nSPS) is 10.1. The van der Waals surface area contributed by atoms with E-state index in [2.05, 4.69) is 20.9 Å². The van der Waals surface area contributed by atoms with Crippen LogP contribution >= 0.6 is 11.6 Å². The number of rotatable bonds is 5. The van der Waals surface area contributed by atoms with Crippen LogP contribution in [0.3, 0.4) is 0 Å². The monoisotopic (exact) mass is 380 g/mol. The highest BCUT2D eigenvalue weighted by Crippen LogP contribution is 2.21. The van der Waals surface area contributed by atoms with Crippen molar-refractivity contribution in [2.45, 2.75) is 0 Å². The van der Waals surface area contributed by atoms with E-state index < -0.39 is 0 Å². The second-order valence-electron chi connectivity index (χ2n) is 5.64. The SMILES string of the molecule is CNC(=O)c1ncccc1Nc1ccc(NC(=O)c2ccc(Cl)cc2)cc1.